The molecule has 0 aromatic heterocycles. The fourth-order valence-electron chi connectivity index (χ4n) is 1.54. The first-order valence-corrected chi connectivity index (χ1v) is 5.98. The van der Waals surface area contributed by atoms with Gasteiger partial charge in [-0.15, -0.1) is 0 Å². The molecule has 0 aliphatic rings. The summed E-state index contributed by atoms with van der Waals surface area (Å²) in [4.78, 5) is 11.5. The van der Waals surface area contributed by atoms with Gasteiger partial charge in [0.15, 0.2) is 0 Å². The number of ether oxygens (including phenoxy) is 1. The first kappa shape index (κ1) is 14.5. The molecule has 0 atom stereocenters. The van der Waals surface area contributed by atoms with Crippen molar-refractivity contribution in [2.24, 2.45) is 0 Å². The Kier molecular flexibility index (Phi) is 4.73. The third-order valence-corrected chi connectivity index (χ3v) is 2.41. The third-order valence-electron chi connectivity index (χ3n) is 2.41. The first-order valence-electron chi connectivity index (χ1n) is 5.98. The maximum atomic E-state index is 11.5. The highest BCUT2D eigenvalue weighted by Gasteiger charge is 2.15. The second-order valence-electron chi connectivity index (χ2n) is 5.27. The van der Waals surface area contributed by atoms with E-state index in [-0.39, 0.29) is 6.61 Å². The van der Waals surface area contributed by atoms with Crippen LogP contribution in [0.4, 0.5) is 4.79 Å². The van der Waals surface area contributed by atoms with Crippen molar-refractivity contribution in [2.45, 2.75) is 46.4 Å². The predicted molar refractivity (Wildman–Crippen MR) is 70.2 cm³/mol. The molecule has 0 saturated heterocycles. The molecule has 1 rings (SSSR count). The van der Waals surface area contributed by atoms with Crippen LogP contribution >= 0.6 is 0 Å². The molecule has 0 aliphatic carbocycles. The Labute approximate surface area is 108 Å². The first-order chi connectivity index (χ1) is 8.31. The molecule has 0 bridgehead atoms. The van der Waals surface area contributed by atoms with Crippen molar-refractivity contribution in [3.05, 3.63) is 34.9 Å². The van der Waals surface area contributed by atoms with Gasteiger partial charge in [0.05, 0.1) is 6.61 Å². The normalized spacial score (nSPS) is 11.2. The van der Waals surface area contributed by atoms with E-state index < -0.39 is 11.7 Å². The summed E-state index contributed by atoms with van der Waals surface area (Å²) in [6.07, 6.45) is -0.423. The van der Waals surface area contributed by atoms with E-state index in [9.17, 15) is 4.79 Å². The minimum absolute atomic E-state index is 0.0284. The molecular formula is C14H21NO3. The van der Waals surface area contributed by atoms with E-state index in [0.29, 0.717) is 6.54 Å². The molecule has 100 valence electrons. The zero-order valence-corrected chi connectivity index (χ0v) is 11.4. The summed E-state index contributed by atoms with van der Waals surface area (Å²) in [6.45, 7) is 7.88. The fourth-order valence-corrected chi connectivity index (χ4v) is 1.54. The average Bonchev–Trinajstić information content (AvgIpc) is 2.25. The molecule has 18 heavy (non-hydrogen) atoms. The lowest BCUT2D eigenvalue weighted by molar-refractivity contribution is 0.0523. The summed E-state index contributed by atoms with van der Waals surface area (Å²) >= 11 is 0. The largest absolute Gasteiger partial charge is 0.444 e. The van der Waals surface area contributed by atoms with Crippen LogP contribution in [0.2, 0.25) is 0 Å². The van der Waals surface area contributed by atoms with Gasteiger partial charge >= 0.3 is 6.09 Å². The third kappa shape index (κ3) is 4.75. The van der Waals surface area contributed by atoms with Gasteiger partial charge in [-0.3, -0.25) is 0 Å². The van der Waals surface area contributed by atoms with Crippen molar-refractivity contribution in [3.63, 3.8) is 0 Å². The molecule has 1 aromatic carbocycles. The van der Waals surface area contributed by atoms with E-state index in [2.05, 4.69) is 5.32 Å². The number of carbonyl (C=O) groups is 1. The van der Waals surface area contributed by atoms with E-state index in [0.717, 1.165) is 16.7 Å². The molecule has 0 aliphatic heterocycles. The summed E-state index contributed by atoms with van der Waals surface area (Å²) < 4.78 is 5.15. The van der Waals surface area contributed by atoms with Gasteiger partial charge in [0.1, 0.15) is 5.60 Å². The Morgan fingerprint density at radius 3 is 2.56 bits per heavy atom. The fraction of sp³-hybridized carbons (Fsp3) is 0.500. The van der Waals surface area contributed by atoms with E-state index >= 15 is 0 Å². The van der Waals surface area contributed by atoms with Gasteiger partial charge in [-0.25, -0.2) is 4.79 Å². The number of hydrogen-bond donors (Lipinski definition) is 2. The van der Waals surface area contributed by atoms with Crippen molar-refractivity contribution in [3.8, 4) is 0 Å². The topological polar surface area (TPSA) is 58.6 Å². The standard InChI is InChI=1S/C14H21NO3/c1-10-7-11(9-16)5-6-12(10)8-15-13(17)18-14(2,3)4/h5-7,16H,8-9H2,1-4H3,(H,15,17). The molecule has 0 spiro atoms. The highest BCUT2D eigenvalue weighted by Crippen LogP contribution is 2.12. The minimum Gasteiger partial charge on any atom is -0.444 e. The number of carbonyl (C=O) groups excluding carboxylic acids is 1. The Bertz CT molecular complexity index is 422. The van der Waals surface area contributed by atoms with Gasteiger partial charge in [-0.05, 0) is 44.4 Å². The second-order valence-corrected chi connectivity index (χ2v) is 5.27. The SMILES string of the molecule is Cc1cc(CO)ccc1CNC(=O)OC(C)(C)C. The molecule has 1 aromatic rings. The minimum atomic E-state index is -0.486. The molecule has 0 heterocycles. The smallest absolute Gasteiger partial charge is 0.407 e. The maximum Gasteiger partial charge on any atom is 0.407 e. The molecule has 4 nitrogen and oxygen atoms in total. The Hall–Kier alpha value is -1.55. The highest BCUT2D eigenvalue weighted by atomic mass is 16.6. The van der Waals surface area contributed by atoms with Gasteiger partial charge in [0.2, 0.25) is 0 Å². The highest BCUT2D eigenvalue weighted by molar-refractivity contribution is 5.67. The number of aryl methyl sites for hydroxylation is 1. The van der Waals surface area contributed by atoms with Crippen molar-refractivity contribution in [1.82, 2.24) is 5.32 Å². The van der Waals surface area contributed by atoms with Crippen LogP contribution in [0.25, 0.3) is 0 Å². The van der Waals surface area contributed by atoms with Crippen LogP contribution in [0, 0.1) is 6.92 Å². The predicted octanol–water partition coefficient (Wildman–Crippen LogP) is 2.51. The van der Waals surface area contributed by atoms with Gasteiger partial charge in [0.25, 0.3) is 0 Å². The number of hydrogen-bond acceptors (Lipinski definition) is 3. The summed E-state index contributed by atoms with van der Waals surface area (Å²) in [6, 6.07) is 5.66. The number of aliphatic hydroxyl groups excluding tert-OH is 1. The van der Waals surface area contributed by atoms with E-state index in [4.69, 9.17) is 9.84 Å². The van der Waals surface area contributed by atoms with Crippen LogP contribution in [0.5, 0.6) is 0 Å². The van der Waals surface area contributed by atoms with Crippen LogP contribution in [-0.2, 0) is 17.9 Å². The van der Waals surface area contributed by atoms with E-state index in [1.54, 1.807) is 0 Å². The van der Waals surface area contributed by atoms with Crippen LogP contribution in [0.3, 0.4) is 0 Å². The lowest BCUT2D eigenvalue weighted by Crippen LogP contribution is -2.32. The lowest BCUT2D eigenvalue weighted by atomic mass is 10.1. The summed E-state index contributed by atoms with van der Waals surface area (Å²) in [7, 11) is 0. The number of aliphatic hydroxyl groups is 1. The monoisotopic (exact) mass is 251 g/mol. The quantitative estimate of drug-likeness (QED) is 0.867. The Morgan fingerprint density at radius 1 is 1.39 bits per heavy atom. The second kappa shape index (κ2) is 5.87. The molecular weight excluding hydrogens is 230 g/mol. The number of benzene rings is 1. The molecule has 1 amide bonds. The summed E-state index contributed by atoms with van der Waals surface area (Å²) in [5.74, 6) is 0. The van der Waals surface area contributed by atoms with E-state index in [1.807, 2.05) is 45.9 Å². The van der Waals surface area contributed by atoms with Crippen LogP contribution in [-0.4, -0.2) is 16.8 Å². The Morgan fingerprint density at radius 2 is 2.06 bits per heavy atom. The number of amides is 1. The van der Waals surface area contributed by atoms with Crippen molar-refractivity contribution >= 4 is 6.09 Å². The van der Waals surface area contributed by atoms with Crippen LogP contribution in [0.15, 0.2) is 18.2 Å². The number of nitrogens with one attached hydrogen (secondary N) is 1. The summed E-state index contributed by atoms with van der Waals surface area (Å²) in [5, 5.41) is 11.7. The zero-order chi connectivity index (χ0) is 13.8. The molecule has 0 unspecified atom stereocenters. The van der Waals surface area contributed by atoms with Crippen LogP contribution in [0.1, 0.15) is 37.5 Å². The van der Waals surface area contributed by atoms with Gasteiger partial charge in [0, 0.05) is 6.54 Å². The van der Waals surface area contributed by atoms with Gasteiger partial charge < -0.3 is 15.2 Å². The average molecular weight is 251 g/mol. The van der Waals surface area contributed by atoms with Crippen molar-refractivity contribution in [2.75, 3.05) is 0 Å². The van der Waals surface area contributed by atoms with Crippen molar-refractivity contribution in [1.29, 1.82) is 0 Å². The van der Waals surface area contributed by atoms with Gasteiger partial charge in [-0.2, -0.15) is 0 Å². The Balaban J connectivity index is 2.56. The lowest BCUT2D eigenvalue weighted by Gasteiger charge is -2.20. The van der Waals surface area contributed by atoms with Crippen LogP contribution < -0.4 is 5.32 Å². The summed E-state index contributed by atoms with van der Waals surface area (Å²) in [5.41, 5.74) is 2.43. The van der Waals surface area contributed by atoms with Gasteiger partial charge in [-0.1, -0.05) is 18.2 Å². The molecule has 0 saturated carbocycles. The number of rotatable bonds is 3. The zero-order valence-electron chi connectivity index (χ0n) is 11.4. The number of alkyl carbamates (subject to hydrolysis) is 1. The molecule has 4 heteroatoms. The molecule has 0 radical (unpaired) electrons. The van der Waals surface area contributed by atoms with E-state index in [1.165, 1.54) is 0 Å². The maximum absolute atomic E-state index is 11.5. The molecule has 2 N–H and O–H groups in total. The molecule has 0 fully saturated rings. The van der Waals surface area contributed by atoms with Crippen molar-refractivity contribution < 1.29 is 14.6 Å².